The maximum absolute atomic E-state index is 4.57. The number of fused-ring (bicyclic) bond motifs is 1. The van der Waals surface area contributed by atoms with E-state index in [4.69, 9.17) is 0 Å². The predicted molar refractivity (Wildman–Crippen MR) is 97.9 cm³/mol. The van der Waals surface area contributed by atoms with Crippen LogP contribution >= 0.6 is 11.3 Å². The van der Waals surface area contributed by atoms with E-state index in [1.165, 1.54) is 21.3 Å². The second kappa shape index (κ2) is 5.89. The molecule has 0 saturated carbocycles. The van der Waals surface area contributed by atoms with Crippen molar-refractivity contribution in [2.24, 2.45) is 0 Å². The summed E-state index contributed by atoms with van der Waals surface area (Å²) in [7, 11) is 0. The van der Waals surface area contributed by atoms with Gasteiger partial charge in [-0.15, -0.1) is 11.3 Å². The first-order valence-electron chi connectivity index (χ1n) is 7.62. The van der Waals surface area contributed by atoms with Crippen LogP contribution in [0.25, 0.3) is 21.6 Å². The number of H-pyrrole nitrogens is 1. The summed E-state index contributed by atoms with van der Waals surface area (Å²) in [5.41, 5.74) is 4.67. The average Bonchev–Trinajstić information content (AvgIpc) is 3.21. The van der Waals surface area contributed by atoms with Gasteiger partial charge >= 0.3 is 0 Å². The van der Waals surface area contributed by atoms with Crippen LogP contribution in [0, 0.1) is 6.92 Å². The minimum Gasteiger partial charge on any atom is -0.380 e. The van der Waals surface area contributed by atoms with E-state index in [1.54, 1.807) is 11.3 Å². The van der Waals surface area contributed by atoms with Gasteiger partial charge in [-0.1, -0.05) is 30.3 Å². The van der Waals surface area contributed by atoms with Crippen LogP contribution in [0.15, 0.2) is 60.8 Å². The molecule has 2 aromatic carbocycles. The van der Waals surface area contributed by atoms with Gasteiger partial charge < -0.3 is 10.3 Å². The molecule has 0 aliphatic rings. The van der Waals surface area contributed by atoms with Gasteiger partial charge in [-0.25, -0.2) is 4.98 Å². The van der Waals surface area contributed by atoms with Gasteiger partial charge in [-0.3, -0.25) is 0 Å². The fourth-order valence-electron chi connectivity index (χ4n) is 2.68. The van der Waals surface area contributed by atoms with Crippen molar-refractivity contribution in [2.45, 2.75) is 13.5 Å². The zero-order valence-corrected chi connectivity index (χ0v) is 13.7. The number of nitrogens with one attached hydrogen (secondary N) is 2. The van der Waals surface area contributed by atoms with E-state index < -0.39 is 0 Å². The molecule has 0 aliphatic carbocycles. The number of nitrogens with zero attached hydrogens (tertiary/aromatic N) is 1. The van der Waals surface area contributed by atoms with E-state index in [0.717, 1.165) is 22.9 Å². The first-order chi connectivity index (χ1) is 11.3. The number of rotatable bonds is 4. The van der Waals surface area contributed by atoms with Crippen molar-refractivity contribution < 1.29 is 0 Å². The summed E-state index contributed by atoms with van der Waals surface area (Å²) in [5, 5.41) is 5.72. The third kappa shape index (κ3) is 2.85. The van der Waals surface area contributed by atoms with E-state index in [-0.39, 0.29) is 0 Å². The van der Waals surface area contributed by atoms with Crippen LogP contribution in [-0.4, -0.2) is 9.97 Å². The minimum atomic E-state index is 0.793. The minimum absolute atomic E-state index is 0.793. The molecule has 0 amide bonds. The van der Waals surface area contributed by atoms with Gasteiger partial charge in [0.15, 0.2) is 0 Å². The largest absolute Gasteiger partial charge is 0.380 e. The Morgan fingerprint density at radius 2 is 1.96 bits per heavy atom. The molecule has 114 valence electrons. The molecule has 2 heterocycles. The van der Waals surface area contributed by atoms with Crippen molar-refractivity contribution >= 4 is 27.9 Å². The Kier molecular flexibility index (Phi) is 3.60. The van der Waals surface area contributed by atoms with Crippen LogP contribution in [0.4, 0.5) is 5.69 Å². The molecule has 2 N–H and O–H groups in total. The first-order valence-corrected chi connectivity index (χ1v) is 8.43. The molecule has 3 nitrogen and oxygen atoms in total. The molecule has 0 bridgehead atoms. The Bertz CT molecular complexity index is 938. The molecule has 0 unspecified atom stereocenters. The number of aromatic amines is 1. The number of anilines is 1. The Labute approximate surface area is 139 Å². The quantitative estimate of drug-likeness (QED) is 0.542. The van der Waals surface area contributed by atoms with Crippen molar-refractivity contribution in [3.05, 3.63) is 71.2 Å². The molecule has 4 aromatic rings. The summed E-state index contributed by atoms with van der Waals surface area (Å²) in [4.78, 5) is 9.26. The topological polar surface area (TPSA) is 40.7 Å². The lowest BCUT2D eigenvalue weighted by atomic mass is 10.1. The monoisotopic (exact) mass is 319 g/mol. The summed E-state index contributed by atoms with van der Waals surface area (Å²) < 4.78 is 0. The number of aryl methyl sites for hydroxylation is 1. The van der Waals surface area contributed by atoms with Gasteiger partial charge in [0, 0.05) is 27.7 Å². The zero-order valence-electron chi connectivity index (χ0n) is 12.8. The highest BCUT2D eigenvalue weighted by atomic mass is 32.1. The van der Waals surface area contributed by atoms with Crippen LogP contribution in [0.3, 0.4) is 0 Å². The molecular formula is C19H17N3S. The normalized spacial score (nSPS) is 11.0. The van der Waals surface area contributed by atoms with Gasteiger partial charge in [0.25, 0.3) is 0 Å². The van der Waals surface area contributed by atoms with Crippen molar-refractivity contribution in [3.63, 3.8) is 0 Å². The molecular weight excluding hydrogens is 302 g/mol. The fraction of sp³-hybridized carbons (Fsp3) is 0.105. The molecule has 0 fully saturated rings. The number of hydrogen-bond donors (Lipinski definition) is 2. The van der Waals surface area contributed by atoms with Crippen molar-refractivity contribution in [3.8, 4) is 10.7 Å². The highest BCUT2D eigenvalue weighted by molar-refractivity contribution is 7.15. The summed E-state index contributed by atoms with van der Waals surface area (Å²) in [6, 6.07) is 18.8. The molecule has 2 aromatic heterocycles. The lowest BCUT2D eigenvalue weighted by Gasteiger charge is -2.02. The number of para-hydroxylation sites is 1. The van der Waals surface area contributed by atoms with E-state index >= 15 is 0 Å². The van der Waals surface area contributed by atoms with Gasteiger partial charge in [0.1, 0.15) is 5.01 Å². The molecule has 4 rings (SSSR count). The standard InChI is InChI=1S/C19H17N3S/c1-13-6-5-9-17-16(13)10-18(22-17)19-21-12-15(23-19)11-20-14-7-3-2-4-8-14/h2-10,12,20,22H,11H2,1H3. The van der Waals surface area contributed by atoms with Crippen molar-refractivity contribution in [2.75, 3.05) is 5.32 Å². The third-order valence-electron chi connectivity index (χ3n) is 3.91. The number of benzene rings is 2. The predicted octanol–water partition coefficient (Wildman–Crippen LogP) is 5.21. The summed E-state index contributed by atoms with van der Waals surface area (Å²) >= 11 is 1.72. The SMILES string of the molecule is Cc1cccc2[nH]c(-c3ncc(CNc4ccccc4)s3)cc12. The highest BCUT2D eigenvalue weighted by Crippen LogP contribution is 2.29. The van der Waals surface area contributed by atoms with Gasteiger partial charge in [-0.05, 0) is 36.8 Å². The lowest BCUT2D eigenvalue weighted by Crippen LogP contribution is -1.96. The van der Waals surface area contributed by atoms with E-state index in [2.05, 4.69) is 58.6 Å². The van der Waals surface area contributed by atoms with Gasteiger partial charge in [0.2, 0.25) is 0 Å². The zero-order chi connectivity index (χ0) is 15.6. The maximum atomic E-state index is 4.57. The van der Waals surface area contributed by atoms with Crippen LogP contribution in [0.2, 0.25) is 0 Å². The van der Waals surface area contributed by atoms with E-state index in [1.807, 2.05) is 24.4 Å². The number of thiazole rings is 1. The smallest absolute Gasteiger partial charge is 0.139 e. The van der Waals surface area contributed by atoms with Crippen LogP contribution in [-0.2, 0) is 6.54 Å². The summed E-state index contributed by atoms with van der Waals surface area (Å²) in [5.74, 6) is 0. The maximum Gasteiger partial charge on any atom is 0.139 e. The molecule has 23 heavy (non-hydrogen) atoms. The Morgan fingerprint density at radius 3 is 2.78 bits per heavy atom. The molecule has 4 heteroatoms. The van der Waals surface area contributed by atoms with E-state index in [9.17, 15) is 0 Å². The first kappa shape index (κ1) is 14.0. The Hall–Kier alpha value is -2.59. The van der Waals surface area contributed by atoms with Crippen molar-refractivity contribution in [1.29, 1.82) is 0 Å². The number of hydrogen-bond acceptors (Lipinski definition) is 3. The summed E-state index contributed by atoms with van der Waals surface area (Å²) in [6.07, 6.45) is 1.95. The molecule has 0 saturated heterocycles. The Morgan fingerprint density at radius 1 is 1.09 bits per heavy atom. The Balaban J connectivity index is 1.56. The molecule has 0 atom stereocenters. The molecule has 0 spiro atoms. The van der Waals surface area contributed by atoms with Gasteiger partial charge in [0.05, 0.1) is 12.2 Å². The van der Waals surface area contributed by atoms with Crippen LogP contribution in [0.5, 0.6) is 0 Å². The second-order valence-electron chi connectivity index (χ2n) is 5.57. The highest BCUT2D eigenvalue weighted by Gasteiger charge is 2.09. The molecule has 0 aliphatic heterocycles. The lowest BCUT2D eigenvalue weighted by molar-refractivity contribution is 1.17. The van der Waals surface area contributed by atoms with E-state index in [0.29, 0.717) is 0 Å². The van der Waals surface area contributed by atoms with Crippen molar-refractivity contribution in [1.82, 2.24) is 9.97 Å². The second-order valence-corrected chi connectivity index (χ2v) is 6.69. The van der Waals surface area contributed by atoms with Crippen LogP contribution < -0.4 is 5.32 Å². The summed E-state index contributed by atoms with van der Waals surface area (Å²) in [6.45, 7) is 2.93. The fourth-order valence-corrected chi connectivity index (χ4v) is 3.50. The van der Waals surface area contributed by atoms with Gasteiger partial charge in [-0.2, -0.15) is 0 Å². The van der Waals surface area contributed by atoms with Crippen LogP contribution in [0.1, 0.15) is 10.4 Å². The average molecular weight is 319 g/mol. The number of aromatic nitrogens is 2. The molecule has 0 radical (unpaired) electrons. The third-order valence-corrected chi connectivity index (χ3v) is 4.94.